The monoisotopic (exact) mass is 317 g/mol. The second-order valence-corrected chi connectivity index (χ2v) is 6.29. The van der Waals surface area contributed by atoms with E-state index in [4.69, 9.17) is 0 Å². The van der Waals surface area contributed by atoms with Crippen molar-refractivity contribution in [1.29, 1.82) is 10.5 Å². The van der Waals surface area contributed by atoms with Crippen molar-refractivity contribution in [3.05, 3.63) is 76.3 Å². The maximum Gasteiger partial charge on any atom is 0.103 e. The van der Waals surface area contributed by atoms with Crippen LogP contribution in [0.4, 0.5) is 0 Å². The molecule has 1 aliphatic heterocycles. The fourth-order valence-corrected chi connectivity index (χ4v) is 3.80. The minimum atomic E-state index is 0.545. The van der Waals surface area contributed by atoms with E-state index in [1.807, 2.05) is 36.4 Å². The fourth-order valence-electron chi connectivity index (χ4n) is 2.65. The van der Waals surface area contributed by atoms with Crippen LogP contribution >= 0.6 is 11.8 Å². The van der Waals surface area contributed by atoms with E-state index < -0.39 is 0 Å². The molecule has 0 unspecified atom stereocenters. The zero-order chi connectivity index (χ0) is 16.1. The van der Waals surface area contributed by atoms with Gasteiger partial charge in [0, 0.05) is 24.4 Å². The minimum Gasteiger partial charge on any atom is -0.360 e. The number of nitrogens with zero attached hydrogens (tertiary/aromatic N) is 3. The Balaban J connectivity index is 2.00. The molecule has 1 aliphatic rings. The Bertz CT molecular complexity index is 812. The van der Waals surface area contributed by atoms with Gasteiger partial charge in [-0.15, -0.1) is 11.8 Å². The molecule has 2 aromatic carbocycles. The quantitative estimate of drug-likeness (QED) is 0.803. The van der Waals surface area contributed by atoms with Crippen molar-refractivity contribution in [3.8, 4) is 12.1 Å². The number of thioether (sulfide) groups is 1. The second kappa shape index (κ2) is 7.05. The topological polar surface area (TPSA) is 50.8 Å². The van der Waals surface area contributed by atoms with Gasteiger partial charge < -0.3 is 4.90 Å². The molecule has 1 heterocycles. The van der Waals surface area contributed by atoms with Crippen LogP contribution in [-0.4, -0.2) is 17.2 Å². The van der Waals surface area contributed by atoms with Crippen LogP contribution in [0.25, 0.3) is 5.57 Å². The van der Waals surface area contributed by atoms with Crippen molar-refractivity contribution in [2.45, 2.75) is 6.54 Å². The maximum atomic E-state index is 9.69. The summed E-state index contributed by atoms with van der Waals surface area (Å²) in [4.78, 5) is 2.23. The lowest BCUT2D eigenvalue weighted by molar-refractivity contribution is 0.397. The van der Waals surface area contributed by atoms with E-state index in [0.717, 1.165) is 29.4 Å². The van der Waals surface area contributed by atoms with E-state index >= 15 is 0 Å². The largest absolute Gasteiger partial charge is 0.360 e. The van der Waals surface area contributed by atoms with E-state index in [-0.39, 0.29) is 0 Å². The van der Waals surface area contributed by atoms with Crippen molar-refractivity contribution in [3.63, 3.8) is 0 Å². The number of hydrogen-bond donors (Lipinski definition) is 0. The van der Waals surface area contributed by atoms with Gasteiger partial charge in [-0.05, 0) is 11.6 Å². The van der Waals surface area contributed by atoms with Crippen molar-refractivity contribution >= 4 is 17.3 Å². The summed E-state index contributed by atoms with van der Waals surface area (Å²) in [6.45, 7) is 1.69. The smallest absolute Gasteiger partial charge is 0.103 e. The van der Waals surface area contributed by atoms with Gasteiger partial charge in [0.1, 0.15) is 6.07 Å². The molecule has 3 rings (SSSR count). The van der Waals surface area contributed by atoms with Crippen molar-refractivity contribution in [1.82, 2.24) is 4.90 Å². The molecule has 0 amide bonds. The predicted molar refractivity (Wildman–Crippen MR) is 93.0 cm³/mol. The molecular formula is C19H15N3S. The molecule has 1 fully saturated rings. The molecule has 112 valence electrons. The molecule has 1 saturated heterocycles. The Morgan fingerprint density at radius 3 is 2.52 bits per heavy atom. The van der Waals surface area contributed by atoms with Gasteiger partial charge in [0.25, 0.3) is 0 Å². The molecule has 0 aliphatic carbocycles. The molecule has 23 heavy (non-hydrogen) atoms. The van der Waals surface area contributed by atoms with Gasteiger partial charge in [-0.3, -0.25) is 0 Å². The molecule has 0 spiro atoms. The predicted octanol–water partition coefficient (Wildman–Crippen LogP) is 4.00. The van der Waals surface area contributed by atoms with E-state index in [2.05, 4.69) is 29.2 Å². The Hall–Kier alpha value is -2.69. The fraction of sp³-hybridized carbons (Fsp3) is 0.158. The highest BCUT2D eigenvalue weighted by atomic mass is 32.2. The van der Waals surface area contributed by atoms with Crippen LogP contribution < -0.4 is 0 Å². The van der Waals surface area contributed by atoms with Crippen molar-refractivity contribution in [2.75, 3.05) is 12.3 Å². The zero-order valence-electron chi connectivity index (χ0n) is 12.6. The van der Waals surface area contributed by atoms with Gasteiger partial charge in [-0.25, -0.2) is 0 Å². The van der Waals surface area contributed by atoms with E-state index in [1.54, 1.807) is 17.8 Å². The Morgan fingerprint density at radius 1 is 1.04 bits per heavy atom. The lowest BCUT2D eigenvalue weighted by Crippen LogP contribution is -2.18. The van der Waals surface area contributed by atoms with E-state index in [0.29, 0.717) is 11.1 Å². The number of hydrogen-bond acceptors (Lipinski definition) is 4. The van der Waals surface area contributed by atoms with Gasteiger partial charge in [-0.1, -0.05) is 48.5 Å². The van der Waals surface area contributed by atoms with Crippen molar-refractivity contribution in [2.24, 2.45) is 0 Å². The van der Waals surface area contributed by atoms with Gasteiger partial charge in [-0.2, -0.15) is 10.5 Å². The molecule has 2 aromatic rings. The lowest BCUT2D eigenvalue weighted by Gasteiger charge is -2.20. The standard InChI is InChI=1S/C19H15N3S/c20-12-16-8-4-5-9-17(16)18(13-21)19-22(10-11-23-19)14-15-6-2-1-3-7-15/h1-9H,10-11,14H2/b19-18-. The summed E-state index contributed by atoms with van der Waals surface area (Å²) in [7, 11) is 0. The molecule has 0 atom stereocenters. The summed E-state index contributed by atoms with van der Waals surface area (Å²) in [5, 5.41) is 20.0. The number of benzene rings is 2. The molecular weight excluding hydrogens is 302 g/mol. The molecule has 0 bridgehead atoms. The Kier molecular flexibility index (Phi) is 4.66. The SMILES string of the molecule is N#C/C(=C1/SCCN1Cc1ccccc1)c1ccccc1C#N. The first-order valence-electron chi connectivity index (χ1n) is 7.39. The number of nitriles is 2. The zero-order valence-corrected chi connectivity index (χ0v) is 13.4. The lowest BCUT2D eigenvalue weighted by atomic mass is 10.0. The maximum absolute atomic E-state index is 9.69. The first-order valence-corrected chi connectivity index (χ1v) is 8.37. The van der Waals surface area contributed by atoms with Gasteiger partial charge >= 0.3 is 0 Å². The summed E-state index contributed by atoms with van der Waals surface area (Å²) in [5.74, 6) is 0.960. The van der Waals surface area contributed by atoms with Crippen LogP contribution in [0.5, 0.6) is 0 Å². The Labute approximate surface area is 140 Å². The summed E-state index contributed by atoms with van der Waals surface area (Å²) in [5.41, 5.74) is 3.09. The first-order chi connectivity index (χ1) is 11.3. The van der Waals surface area contributed by atoms with Crippen LogP contribution in [0.1, 0.15) is 16.7 Å². The summed E-state index contributed by atoms with van der Waals surface area (Å²) >= 11 is 1.69. The highest BCUT2D eigenvalue weighted by Crippen LogP contribution is 2.36. The number of rotatable bonds is 3. The third-order valence-electron chi connectivity index (χ3n) is 3.75. The minimum absolute atomic E-state index is 0.545. The van der Waals surface area contributed by atoms with Crippen LogP contribution in [0.15, 0.2) is 59.6 Å². The van der Waals surface area contributed by atoms with Gasteiger partial charge in [0.05, 0.1) is 22.2 Å². The van der Waals surface area contributed by atoms with E-state index in [1.165, 1.54) is 5.56 Å². The van der Waals surface area contributed by atoms with Crippen LogP contribution in [0.3, 0.4) is 0 Å². The van der Waals surface area contributed by atoms with Crippen LogP contribution in [-0.2, 0) is 6.54 Å². The average molecular weight is 317 g/mol. The first kappa shape index (κ1) is 15.2. The summed E-state index contributed by atoms with van der Waals surface area (Å²) in [6.07, 6.45) is 0. The van der Waals surface area contributed by atoms with Crippen LogP contribution in [0.2, 0.25) is 0 Å². The third kappa shape index (κ3) is 3.23. The number of allylic oxidation sites excluding steroid dienone is 1. The van der Waals surface area contributed by atoms with E-state index in [9.17, 15) is 10.5 Å². The van der Waals surface area contributed by atoms with Gasteiger partial charge in [0.15, 0.2) is 0 Å². The molecule has 3 nitrogen and oxygen atoms in total. The molecule has 0 radical (unpaired) electrons. The molecule has 4 heteroatoms. The van der Waals surface area contributed by atoms with Gasteiger partial charge in [0.2, 0.25) is 0 Å². The molecule has 0 N–H and O–H groups in total. The highest BCUT2D eigenvalue weighted by molar-refractivity contribution is 8.03. The third-order valence-corrected chi connectivity index (χ3v) is 4.87. The van der Waals surface area contributed by atoms with Crippen molar-refractivity contribution < 1.29 is 0 Å². The second-order valence-electron chi connectivity index (χ2n) is 5.20. The van der Waals surface area contributed by atoms with Crippen LogP contribution in [0, 0.1) is 22.7 Å². The Morgan fingerprint density at radius 2 is 1.78 bits per heavy atom. The molecule has 0 saturated carbocycles. The normalized spacial score (nSPS) is 15.8. The highest BCUT2D eigenvalue weighted by Gasteiger charge is 2.24. The summed E-state index contributed by atoms with van der Waals surface area (Å²) < 4.78 is 0. The summed E-state index contributed by atoms with van der Waals surface area (Å²) in [6, 6.07) is 22.0. The molecule has 0 aromatic heterocycles. The average Bonchev–Trinajstić information content (AvgIpc) is 3.05.